The molecule has 1 N–H and O–H groups in total. The topological polar surface area (TPSA) is 38.7 Å². The van der Waals surface area contributed by atoms with E-state index in [-0.39, 0.29) is 12.7 Å². The molecule has 0 fully saturated rings. The summed E-state index contributed by atoms with van der Waals surface area (Å²) >= 11 is 0. The number of aliphatic hydroxyl groups is 1. The van der Waals surface area contributed by atoms with Crippen molar-refractivity contribution in [3.63, 3.8) is 0 Å². The third-order valence-electron chi connectivity index (χ3n) is 5.31. The van der Waals surface area contributed by atoms with E-state index in [4.69, 9.17) is 9.47 Å². The largest absolute Gasteiger partial charge is 0.394 e. The Morgan fingerprint density at radius 2 is 1.21 bits per heavy atom. The van der Waals surface area contributed by atoms with Gasteiger partial charge in [0.25, 0.3) is 0 Å². The maximum atomic E-state index is 9.33. The van der Waals surface area contributed by atoms with Crippen molar-refractivity contribution in [3.05, 3.63) is 12.7 Å². The molecule has 0 saturated carbocycles. The minimum atomic E-state index is -0.171. The summed E-state index contributed by atoms with van der Waals surface area (Å²) < 4.78 is 11.3. The molecule has 168 valence electrons. The first-order valence-corrected chi connectivity index (χ1v) is 12.3. The van der Waals surface area contributed by atoms with Gasteiger partial charge < -0.3 is 14.6 Å². The molecule has 0 aliphatic heterocycles. The minimum absolute atomic E-state index is 0.0419. The van der Waals surface area contributed by atoms with Gasteiger partial charge in [-0.2, -0.15) is 0 Å². The molecule has 3 nitrogen and oxygen atoms in total. The van der Waals surface area contributed by atoms with Crippen molar-refractivity contribution in [2.75, 3.05) is 26.4 Å². The average Bonchev–Trinajstić information content (AvgIpc) is 2.71. The van der Waals surface area contributed by atoms with E-state index in [9.17, 15) is 5.11 Å². The molecule has 0 unspecified atom stereocenters. The molecule has 0 aromatic carbocycles. The van der Waals surface area contributed by atoms with Gasteiger partial charge in [-0.3, -0.25) is 0 Å². The Morgan fingerprint density at radius 1 is 0.714 bits per heavy atom. The van der Waals surface area contributed by atoms with Crippen molar-refractivity contribution in [1.29, 1.82) is 0 Å². The summed E-state index contributed by atoms with van der Waals surface area (Å²) in [5.41, 5.74) is 0. The van der Waals surface area contributed by atoms with Crippen LogP contribution in [0.2, 0.25) is 0 Å². The molecule has 0 heterocycles. The van der Waals surface area contributed by atoms with E-state index < -0.39 is 0 Å². The minimum Gasteiger partial charge on any atom is -0.394 e. The molecule has 0 aromatic rings. The summed E-state index contributed by atoms with van der Waals surface area (Å²) in [5.74, 6) is 0. The molecule has 0 spiro atoms. The number of ether oxygens (including phenoxy) is 2. The second-order valence-corrected chi connectivity index (χ2v) is 8.13. The van der Waals surface area contributed by atoms with Crippen molar-refractivity contribution in [2.24, 2.45) is 0 Å². The zero-order valence-corrected chi connectivity index (χ0v) is 19.0. The van der Waals surface area contributed by atoms with E-state index in [1.807, 2.05) is 6.08 Å². The molecule has 3 heteroatoms. The Hall–Kier alpha value is -0.380. The van der Waals surface area contributed by atoms with E-state index in [2.05, 4.69) is 13.5 Å². The van der Waals surface area contributed by atoms with E-state index in [1.54, 1.807) is 0 Å². The normalized spacial score (nSPS) is 12.4. The third kappa shape index (κ3) is 21.9. The van der Waals surface area contributed by atoms with Gasteiger partial charge in [0, 0.05) is 13.2 Å². The van der Waals surface area contributed by atoms with Crippen LogP contribution >= 0.6 is 0 Å². The fourth-order valence-electron chi connectivity index (χ4n) is 3.41. The van der Waals surface area contributed by atoms with E-state index in [0.29, 0.717) is 13.2 Å². The Morgan fingerprint density at radius 3 is 1.71 bits per heavy atom. The van der Waals surface area contributed by atoms with Gasteiger partial charge in [0.1, 0.15) is 6.10 Å². The second kappa shape index (κ2) is 24.7. The lowest BCUT2D eigenvalue weighted by atomic mass is 10.0. The highest BCUT2D eigenvalue weighted by Gasteiger charge is 2.07. The second-order valence-electron chi connectivity index (χ2n) is 8.13. The molecule has 0 aliphatic carbocycles. The lowest BCUT2D eigenvalue weighted by Crippen LogP contribution is -2.24. The van der Waals surface area contributed by atoms with Gasteiger partial charge >= 0.3 is 0 Å². The standard InChI is InChI=1S/C25H50O3/c1-3-5-7-9-10-11-12-13-14-15-16-17-18-19-21-27-24-25(23-26)28-22-20-8-6-4-2/h4,25-26H,2-3,5-24H2,1H3/t25-/m1/s1. The van der Waals surface area contributed by atoms with Crippen molar-refractivity contribution < 1.29 is 14.6 Å². The monoisotopic (exact) mass is 398 g/mol. The van der Waals surface area contributed by atoms with Gasteiger partial charge in [-0.05, 0) is 25.7 Å². The highest BCUT2D eigenvalue weighted by molar-refractivity contribution is 4.65. The van der Waals surface area contributed by atoms with Crippen LogP contribution in [0.15, 0.2) is 12.7 Å². The maximum absolute atomic E-state index is 9.33. The zero-order chi connectivity index (χ0) is 20.5. The summed E-state index contributed by atoms with van der Waals surface area (Å²) in [5, 5.41) is 9.33. The Balaban J connectivity index is 3.20. The van der Waals surface area contributed by atoms with Crippen LogP contribution in [0.25, 0.3) is 0 Å². The number of allylic oxidation sites excluding steroid dienone is 1. The van der Waals surface area contributed by atoms with Crippen LogP contribution in [0.4, 0.5) is 0 Å². The highest BCUT2D eigenvalue weighted by Crippen LogP contribution is 2.13. The quantitative estimate of drug-likeness (QED) is 0.138. The summed E-state index contributed by atoms with van der Waals surface area (Å²) in [7, 11) is 0. The number of rotatable bonds is 24. The SMILES string of the molecule is C=CCCCCO[C@H](CO)COCCCCCCCCCCCCCCCC. The first kappa shape index (κ1) is 27.6. The van der Waals surface area contributed by atoms with Crippen LogP contribution in [-0.4, -0.2) is 37.6 Å². The van der Waals surface area contributed by atoms with E-state index >= 15 is 0 Å². The number of hydrogen-bond donors (Lipinski definition) is 1. The number of unbranched alkanes of at least 4 members (excludes halogenated alkanes) is 15. The van der Waals surface area contributed by atoms with Crippen LogP contribution in [0, 0.1) is 0 Å². The molecule has 0 saturated heterocycles. The van der Waals surface area contributed by atoms with Gasteiger partial charge in [0.05, 0.1) is 13.2 Å². The predicted octanol–water partition coefficient (Wildman–Crippen LogP) is 7.22. The van der Waals surface area contributed by atoms with Crippen molar-refractivity contribution in [1.82, 2.24) is 0 Å². The van der Waals surface area contributed by atoms with E-state index in [0.717, 1.165) is 32.3 Å². The van der Waals surface area contributed by atoms with Crippen LogP contribution < -0.4 is 0 Å². The van der Waals surface area contributed by atoms with Crippen LogP contribution in [0.1, 0.15) is 116 Å². The summed E-state index contributed by atoms with van der Waals surface area (Å²) in [6.07, 6.45) is 24.1. The van der Waals surface area contributed by atoms with Gasteiger partial charge in [-0.15, -0.1) is 6.58 Å². The molecule has 0 aromatic heterocycles. The molecule has 0 aliphatic rings. The summed E-state index contributed by atoms with van der Waals surface area (Å²) in [6, 6.07) is 0. The predicted molar refractivity (Wildman–Crippen MR) is 122 cm³/mol. The van der Waals surface area contributed by atoms with Gasteiger partial charge in [-0.1, -0.05) is 96.5 Å². The smallest absolute Gasteiger partial charge is 0.104 e. The summed E-state index contributed by atoms with van der Waals surface area (Å²) in [4.78, 5) is 0. The first-order chi connectivity index (χ1) is 13.8. The fourth-order valence-corrected chi connectivity index (χ4v) is 3.41. The third-order valence-corrected chi connectivity index (χ3v) is 5.31. The van der Waals surface area contributed by atoms with Crippen molar-refractivity contribution in [3.8, 4) is 0 Å². The molecular weight excluding hydrogens is 348 g/mol. The van der Waals surface area contributed by atoms with Crippen LogP contribution in [0.3, 0.4) is 0 Å². The van der Waals surface area contributed by atoms with Gasteiger partial charge in [0.2, 0.25) is 0 Å². The Kier molecular flexibility index (Phi) is 24.3. The summed E-state index contributed by atoms with van der Waals surface area (Å²) in [6.45, 7) is 8.03. The van der Waals surface area contributed by atoms with E-state index in [1.165, 1.54) is 83.5 Å². The maximum Gasteiger partial charge on any atom is 0.104 e. The van der Waals surface area contributed by atoms with Crippen molar-refractivity contribution in [2.45, 2.75) is 122 Å². The van der Waals surface area contributed by atoms with Crippen molar-refractivity contribution >= 4 is 0 Å². The average molecular weight is 399 g/mol. The lowest BCUT2D eigenvalue weighted by Gasteiger charge is -2.15. The molecular formula is C25H50O3. The van der Waals surface area contributed by atoms with Crippen LogP contribution in [-0.2, 0) is 9.47 Å². The molecule has 1 atom stereocenters. The molecule has 0 amide bonds. The molecule has 0 bridgehead atoms. The molecule has 0 rings (SSSR count). The molecule has 0 radical (unpaired) electrons. The fraction of sp³-hybridized carbons (Fsp3) is 0.920. The van der Waals surface area contributed by atoms with Crippen LogP contribution in [0.5, 0.6) is 0 Å². The zero-order valence-electron chi connectivity index (χ0n) is 19.0. The number of hydrogen-bond acceptors (Lipinski definition) is 3. The Bertz CT molecular complexity index is 294. The first-order valence-electron chi connectivity index (χ1n) is 12.3. The lowest BCUT2D eigenvalue weighted by molar-refractivity contribution is -0.0436. The highest BCUT2D eigenvalue weighted by atomic mass is 16.5. The Labute approximate surface area is 176 Å². The number of aliphatic hydroxyl groups excluding tert-OH is 1. The van der Waals surface area contributed by atoms with Gasteiger partial charge in [-0.25, -0.2) is 0 Å². The van der Waals surface area contributed by atoms with Gasteiger partial charge in [0.15, 0.2) is 0 Å². The molecule has 28 heavy (non-hydrogen) atoms.